The highest BCUT2D eigenvalue weighted by Gasteiger charge is 2.42. The molecule has 0 aromatic rings. The molecule has 0 radical (unpaired) electrons. The molecule has 17 heavy (non-hydrogen) atoms. The molecule has 1 amide bonds. The molecule has 4 nitrogen and oxygen atoms in total. The lowest BCUT2D eigenvalue weighted by atomic mass is 9.74. The van der Waals surface area contributed by atoms with Gasteiger partial charge in [0.05, 0.1) is 12.0 Å². The normalized spacial score (nSPS) is 12.6. The number of ether oxygens (including phenoxy) is 1. The van der Waals surface area contributed by atoms with Crippen molar-refractivity contribution < 1.29 is 9.53 Å². The average Bonchev–Trinajstić information content (AvgIpc) is 2.22. The number of nitrogens with zero attached hydrogens (tertiary/aromatic N) is 1. The molecule has 0 aliphatic heterocycles. The van der Waals surface area contributed by atoms with E-state index in [1.807, 2.05) is 46.4 Å². The Morgan fingerprint density at radius 3 is 2.12 bits per heavy atom. The van der Waals surface area contributed by atoms with Crippen LogP contribution in [-0.2, 0) is 9.53 Å². The highest BCUT2D eigenvalue weighted by atomic mass is 16.5. The third-order valence-electron chi connectivity index (χ3n) is 3.52. The van der Waals surface area contributed by atoms with Gasteiger partial charge in [-0.2, -0.15) is 0 Å². The van der Waals surface area contributed by atoms with Gasteiger partial charge in [0.1, 0.15) is 0 Å². The van der Waals surface area contributed by atoms with Gasteiger partial charge >= 0.3 is 0 Å². The molecule has 0 rings (SSSR count). The van der Waals surface area contributed by atoms with Gasteiger partial charge in [-0.15, -0.1) is 0 Å². The van der Waals surface area contributed by atoms with E-state index in [1.54, 1.807) is 0 Å². The van der Waals surface area contributed by atoms with E-state index in [0.29, 0.717) is 26.3 Å². The largest absolute Gasteiger partial charge is 0.380 e. The van der Waals surface area contributed by atoms with E-state index in [9.17, 15) is 4.79 Å². The first kappa shape index (κ1) is 16.4. The second-order valence-corrected chi connectivity index (χ2v) is 5.43. The zero-order valence-corrected chi connectivity index (χ0v) is 12.2. The van der Waals surface area contributed by atoms with Crippen LogP contribution in [0.4, 0.5) is 0 Å². The van der Waals surface area contributed by atoms with Gasteiger partial charge in [-0.05, 0) is 41.5 Å². The molecule has 0 aliphatic carbocycles. The van der Waals surface area contributed by atoms with Crippen molar-refractivity contribution in [3.05, 3.63) is 0 Å². The Morgan fingerprint density at radius 1 is 1.24 bits per heavy atom. The predicted octanol–water partition coefficient (Wildman–Crippen LogP) is 1.63. The number of hydrogen-bond acceptors (Lipinski definition) is 3. The fourth-order valence-electron chi connectivity index (χ4n) is 1.39. The summed E-state index contributed by atoms with van der Waals surface area (Å²) in [5, 5.41) is 0. The molecule has 0 saturated carbocycles. The molecule has 2 N–H and O–H groups in total. The van der Waals surface area contributed by atoms with E-state index in [2.05, 4.69) is 0 Å². The lowest BCUT2D eigenvalue weighted by molar-refractivity contribution is -0.144. The van der Waals surface area contributed by atoms with E-state index in [4.69, 9.17) is 10.5 Å². The molecule has 0 atom stereocenters. The second-order valence-electron chi connectivity index (χ2n) is 5.43. The minimum Gasteiger partial charge on any atom is -0.380 e. The van der Waals surface area contributed by atoms with E-state index >= 15 is 0 Å². The number of hydrogen-bond donors (Lipinski definition) is 1. The van der Waals surface area contributed by atoms with E-state index in [1.165, 1.54) is 0 Å². The zero-order valence-electron chi connectivity index (χ0n) is 12.2. The third-order valence-corrected chi connectivity index (χ3v) is 3.52. The summed E-state index contributed by atoms with van der Waals surface area (Å²) in [6, 6.07) is 0. The van der Waals surface area contributed by atoms with Gasteiger partial charge in [0.15, 0.2) is 0 Å². The van der Waals surface area contributed by atoms with E-state index < -0.39 is 11.0 Å². The van der Waals surface area contributed by atoms with Crippen molar-refractivity contribution in [2.75, 3.05) is 26.3 Å². The van der Waals surface area contributed by atoms with Crippen molar-refractivity contribution in [2.24, 2.45) is 11.1 Å². The van der Waals surface area contributed by atoms with Gasteiger partial charge in [-0.3, -0.25) is 4.79 Å². The first-order valence-corrected chi connectivity index (χ1v) is 6.34. The third kappa shape index (κ3) is 4.28. The number of rotatable bonds is 7. The van der Waals surface area contributed by atoms with Crippen LogP contribution in [0, 0.1) is 5.41 Å². The smallest absolute Gasteiger partial charge is 0.230 e. The molecular weight excluding hydrogens is 216 g/mol. The molecule has 0 unspecified atom stereocenters. The molecule has 0 saturated heterocycles. The highest BCUT2D eigenvalue weighted by Crippen LogP contribution is 2.30. The van der Waals surface area contributed by atoms with Crippen LogP contribution >= 0.6 is 0 Å². The first-order valence-electron chi connectivity index (χ1n) is 6.34. The van der Waals surface area contributed by atoms with Crippen molar-refractivity contribution in [1.82, 2.24) is 4.90 Å². The summed E-state index contributed by atoms with van der Waals surface area (Å²) in [4.78, 5) is 14.2. The molecule has 0 spiro atoms. The topological polar surface area (TPSA) is 55.6 Å². The van der Waals surface area contributed by atoms with Crippen LogP contribution in [0.3, 0.4) is 0 Å². The van der Waals surface area contributed by atoms with Crippen molar-refractivity contribution in [3.63, 3.8) is 0 Å². The van der Waals surface area contributed by atoms with Gasteiger partial charge < -0.3 is 15.4 Å². The highest BCUT2D eigenvalue weighted by molar-refractivity contribution is 5.83. The van der Waals surface area contributed by atoms with Crippen molar-refractivity contribution in [3.8, 4) is 0 Å². The molecule has 0 bridgehead atoms. The maximum atomic E-state index is 12.4. The molecule has 0 aromatic carbocycles. The predicted molar refractivity (Wildman–Crippen MR) is 70.8 cm³/mol. The summed E-state index contributed by atoms with van der Waals surface area (Å²) in [5.74, 6) is 0.0900. The molecular formula is C13H28N2O2. The lowest BCUT2D eigenvalue weighted by Gasteiger charge is -2.40. The van der Waals surface area contributed by atoms with Crippen LogP contribution in [-0.4, -0.2) is 42.6 Å². The second kappa shape index (κ2) is 6.36. The number of carbonyl (C=O) groups excluding carboxylic acids is 1. The molecule has 4 heteroatoms. The van der Waals surface area contributed by atoms with Gasteiger partial charge in [0, 0.05) is 25.2 Å². The monoisotopic (exact) mass is 244 g/mol. The average molecular weight is 244 g/mol. The lowest BCUT2D eigenvalue weighted by Crippen LogP contribution is -2.56. The van der Waals surface area contributed by atoms with E-state index in [0.717, 1.165) is 0 Å². The summed E-state index contributed by atoms with van der Waals surface area (Å²) in [6.45, 7) is 14.1. The number of carbonyl (C=O) groups is 1. The van der Waals surface area contributed by atoms with Gasteiger partial charge in [-0.25, -0.2) is 0 Å². The Morgan fingerprint density at radius 2 is 1.76 bits per heavy atom. The number of likely N-dealkylation sites (N-methyl/N-ethyl adjacent to an activating group) is 1. The van der Waals surface area contributed by atoms with Crippen molar-refractivity contribution >= 4 is 5.91 Å². The van der Waals surface area contributed by atoms with Crippen LogP contribution in [0.5, 0.6) is 0 Å². The van der Waals surface area contributed by atoms with Crippen LogP contribution in [0.25, 0.3) is 0 Å². The Balaban J connectivity index is 4.63. The molecule has 0 fully saturated rings. The summed E-state index contributed by atoms with van der Waals surface area (Å²) >= 11 is 0. The van der Waals surface area contributed by atoms with Crippen LogP contribution < -0.4 is 5.73 Å². The van der Waals surface area contributed by atoms with Gasteiger partial charge in [0.2, 0.25) is 5.91 Å². The summed E-state index contributed by atoms with van der Waals surface area (Å²) in [6.07, 6.45) is 0. The molecule has 0 aliphatic rings. The Hall–Kier alpha value is -0.610. The minimum absolute atomic E-state index is 0.0900. The number of nitrogens with two attached hydrogens (primary N) is 1. The minimum atomic E-state index is -0.574. The van der Waals surface area contributed by atoms with Crippen LogP contribution in [0.2, 0.25) is 0 Å². The maximum Gasteiger partial charge on any atom is 0.230 e. The fourth-order valence-corrected chi connectivity index (χ4v) is 1.39. The first-order chi connectivity index (χ1) is 7.68. The SMILES string of the molecule is CCOCCN(CC)C(=O)C(C)(C)C(C)(C)N. The van der Waals surface area contributed by atoms with E-state index in [-0.39, 0.29) is 5.91 Å². The quantitative estimate of drug-likeness (QED) is 0.693. The van der Waals surface area contributed by atoms with Crippen molar-refractivity contribution in [1.29, 1.82) is 0 Å². The standard InChI is InChI=1S/C13H28N2O2/c1-7-15(9-10-17-8-2)11(16)12(3,4)13(5,6)14/h7-10,14H2,1-6H3. The summed E-state index contributed by atoms with van der Waals surface area (Å²) in [7, 11) is 0. The summed E-state index contributed by atoms with van der Waals surface area (Å²) in [5.41, 5.74) is 4.97. The molecule has 0 heterocycles. The van der Waals surface area contributed by atoms with Crippen LogP contribution in [0.15, 0.2) is 0 Å². The fraction of sp³-hybridized carbons (Fsp3) is 0.923. The summed E-state index contributed by atoms with van der Waals surface area (Å²) < 4.78 is 5.29. The number of amides is 1. The Bertz CT molecular complexity index is 244. The van der Waals surface area contributed by atoms with Crippen LogP contribution in [0.1, 0.15) is 41.5 Å². The zero-order chi connectivity index (χ0) is 13.7. The van der Waals surface area contributed by atoms with Gasteiger partial charge in [-0.1, -0.05) is 0 Å². The maximum absolute atomic E-state index is 12.4. The Kier molecular flexibility index (Phi) is 6.13. The Labute approximate surface area is 105 Å². The molecule has 0 aromatic heterocycles. The van der Waals surface area contributed by atoms with Crippen molar-refractivity contribution in [2.45, 2.75) is 47.1 Å². The molecule has 102 valence electrons. The van der Waals surface area contributed by atoms with Gasteiger partial charge in [0.25, 0.3) is 0 Å².